The van der Waals surface area contributed by atoms with E-state index in [1.165, 1.54) is 18.5 Å². The predicted molar refractivity (Wildman–Crippen MR) is 116 cm³/mol. The van der Waals surface area contributed by atoms with E-state index >= 15 is 0 Å². The van der Waals surface area contributed by atoms with Gasteiger partial charge in [0.2, 0.25) is 0 Å². The van der Waals surface area contributed by atoms with Crippen LogP contribution in [0.3, 0.4) is 0 Å². The SMILES string of the molecule is C[C@@H]([NH2+][C@@H](C(=O)Nc1ccc(F)cc1)c1ccccc1)c1ccc(-n2cncn2)cc1. The van der Waals surface area contributed by atoms with E-state index < -0.39 is 6.04 Å². The average Bonchev–Trinajstić information content (AvgIpc) is 3.34. The molecule has 7 heteroatoms. The first-order chi connectivity index (χ1) is 15.1. The van der Waals surface area contributed by atoms with Gasteiger partial charge in [0.15, 0.2) is 6.04 Å². The van der Waals surface area contributed by atoms with Crippen LogP contribution >= 0.6 is 0 Å². The van der Waals surface area contributed by atoms with Gasteiger partial charge in [-0.25, -0.2) is 14.1 Å². The summed E-state index contributed by atoms with van der Waals surface area (Å²) in [5, 5.41) is 9.06. The number of anilines is 1. The van der Waals surface area contributed by atoms with Gasteiger partial charge in [-0.15, -0.1) is 0 Å². The molecule has 3 N–H and O–H groups in total. The molecule has 0 saturated heterocycles. The van der Waals surface area contributed by atoms with Crippen molar-refractivity contribution in [3.63, 3.8) is 0 Å². The summed E-state index contributed by atoms with van der Waals surface area (Å²) in [6.45, 7) is 2.06. The zero-order chi connectivity index (χ0) is 21.6. The molecule has 0 bridgehead atoms. The summed E-state index contributed by atoms with van der Waals surface area (Å²) in [4.78, 5) is 17.1. The molecule has 2 atom stereocenters. The van der Waals surface area contributed by atoms with Gasteiger partial charge in [0.05, 0.1) is 5.69 Å². The first-order valence-electron chi connectivity index (χ1n) is 10.0. The molecule has 6 nitrogen and oxygen atoms in total. The van der Waals surface area contributed by atoms with Crippen LogP contribution in [0.15, 0.2) is 91.5 Å². The second kappa shape index (κ2) is 9.32. The molecule has 1 aromatic heterocycles. The molecule has 0 unspecified atom stereocenters. The Morgan fingerprint density at radius 2 is 1.68 bits per heavy atom. The average molecular weight is 416 g/mol. The molecule has 156 valence electrons. The number of nitrogens with two attached hydrogens (primary N) is 1. The lowest BCUT2D eigenvalue weighted by molar-refractivity contribution is -0.718. The molecule has 1 heterocycles. The summed E-state index contributed by atoms with van der Waals surface area (Å²) in [6, 6.07) is 23.0. The maximum absolute atomic E-state index is 13.2. The van der Waals surface area contributed by atoms with E-state index in [0.717, 1.165) is 16.8 Å². The van der Waals surface area contributed by atoms with Crippen LogP contribution in [-0.4, -0.2) is 20.7 Å². The highest BCUT2D eigenvalue weighted by Gasteiger charge is 2.27. The van der Waals surface area contributed by atoms with E-state index in [2.05, 4.69) is 22.3 Å². The van der Waals surface area contributed by atoms with Crippen LogP contribution in [0.2, 0.25) is 0 Å². The number of hydrogen-bond acceptors (Lipinski definition) is 3. The van der Waals surface area contributed by atoms with E-state index in [1.54, 1.807) is 23.1 Å². The summed E-state index contributed by atoms with van der Waals surface area (Å²) in [5.74, 6) is -0.504. The number of nitrogens with one attached hydrogen (secondary N) is 1. The van der Waals surface area contributed by atoms with Gasteiger partial charge in [-0.3, -0.25) is 4.79 Å². The number of halogens is 1. The number of nitrogens with zero attached hydrogens (tertiary/aromatic N) is 3. The van der Waals surface area contributed by atoms with E-state index in [-0.39, 0.29) is 17.8 Å². The normalized spacial score (nSPS) is 12.8. The number of rotatable bonds is 7. The molecule has 1 amide bonds. The summed E-state index contributed by atoms with van der Waals surface area (Å²) in [6.07, 6.45) is 3.14. The van der Waals surface area contributed by atoms with Crippen LogP contribution in [0.5, 0.6) is 0 Å². The Bertz CT molecular complexity index is 1110. The van der Waals surface area contributed by atoms with Gasteiger partial charge in [-0.1, -0.05) is 42.5 Å². The molecule has 0 aliphatic carbocycles. The lowest BCUT2D eigenvalue weighted by Crippen LogP contribution is -2.87. The second-order valence-electron chi connectivity index (χ2n) is 7.30. The first kappa shape index (κ1) is 20.4. The lowest BCUT2D eigenvalue weighted by atomic mass is 10.0. The van der Waals surface area contributed by atoms with E-state index in [9.17, 15) is 9.18 Å². The molecule has 0 aliphatic heterocycles. The monoisotopic (exact) mass is 416 g/mol. The molecule has 0 spiro atoms. The van der Waals surface area contributed by atoms with Crippen molar-refractivity contribution in [1.29, 1.82) is 0 Å². The Labute approximate surface area is 179 Å². The van der Waals surface area contributed by atoms with Crippen LogP contribution in [0.1, 0.15) is 30.1 Å². The Hall–Kier alpha value is -3.84. The summed E-state index contributed by atoms with van der Waals surface area (Å²) < 4.78 is 14.9. The molecule has 0 radical (unpaired) electrons. The highest BCUT2D eigenvalue weighted by Crippen LogP contribution is 2.17. The molecule has 0 fully saturated rings. The van der Waals surface area contributed by atoms with Crippen molar-refractivity contribution in [2.24, 2.45) is 0 Å². The smallest absolute Gasteiger partial charge is 0.287 e. The molecular weight excluding hydrogens is 393 g/mol. The van der Waals surface area contributed by atoms with Crippen molar-refractivity contribution in [1.82, 2.24) is 14.8 Å². The van der Waals surface area contributed by atoms with Crippen LogP contribution < -0.4 is 10.6 Å². The maximum atomic E-state index is 13.2. The van der Waals surface area contributed by atoms with E-state index in [4.69, 9.17) is 0 Å². The van der Waals surface area contributed by atoms with Gasteiger partial charge in [-0.2, -0.15) is 5.10 Å². The summed E-state index contributed by atoms with van der Waals surface area (Å²) in [5.41, 5.74) is 3.46. The van der Waals surface area contributed by atoms with Crippen molar-refractivity contribution >= 4 is 11.6 Å². The fourth-order valence-electron chi connectivity index (χ4n) is 3.44. The Kier molecular flexibility index (Phi) is 6.14. The third-order valence-electron chi connectivity index (χ3n) is 5.14. The van der Waals surface area contributed by atoms with Crippen molar-refractivity contribution in [2.75, 3.05) is 5.32 Å². The number of hydrogen-bond donors (Lipinski definition) is 2. The first-order valence-corrected chi connectivity index (χ1v) is 10.0. The van der Waals surface area contributed by atoms with E-state index in [0.29, 0.717) is 5.69 Å². The van der Waals surface area contributed by atoms with Crippen LogP contribution in [0.4, 0.5) is 10.1 Å². The topological polar surface area (TPSA) is 76.4 Å². The zero-order valence-electron chi connectivity index (χ0n) is 17.0. The largest absolute Gasteiger partial charge is 0.326 e. The van der Waals surface area contributed by atoms with Crippen LogP contribution in [-0.2, 0) is 4.79 Å². The number of quaternary nitrogens is 1. The molecule has 0 saturated carbocycles. The molecular formula is C24H23FN5O+. The minimum atomic E-state index is -0.462. The van der Waals surface area contributed by atoms with Gasteiger partial charge in [0, 0.05) is 16.8 Å². The van der Waals surface area contributed by atoms with Gasteiger partial charge in [0.1, 0.15) is 24.5 Å². The quantitative estimate of drug-likeness (QED) is 0.485. The Morgan fingerprint density at radius 1 is 0.968 bits per heavy atom. The van der Waals surface area contributed by atoms with Crippen molar-refractivity contribution in [2.45, 2.75) is 19.0 Å². The molecule has 4 rings (SSSR count). The fraction of sp³-hybridized carbons (Fsp3) is 0.125. The number of carbonyl (C=O) groups excluding carboxylic acids is 1. The van der Waals surface area contributed by atoms with Crippen molar-refractivity contribution in [3.8, 4) is 5.69 Å². The van der Waals surface area contributed by atoms with Crippen LogP contribution in [0.25, 0.3) is 5.69 Å². The van der Waals surface area contributed by atoms with Crippen molar-refractivity contribution in [3.05, 3.63) is 108 Å². The predicted octanol–water partition coefficient (Wildman–Crippen LogP) is 3.41. The standard InChI is InChI=1S/C24H22FN5O/c1-17(18-7-13-22(14-8-18)30-16-26-15-27-30)28-23(19-5-3-2-4-6-19)24(31)29-21-11-9-20(25)10-12-21/h2-17,23,28H,1H3,(H,29,31)/p+1/t17-,23-/m1/s1. The van der Waals surface area contributed by atoms with Gasteiger partial charge in [-0.05, 0) is 43.3 Å². The molecule has 3 aromatic carbocycles. The number of amides is 1. The van der Waals surface area contributed by atoms with Gasteiger partial charge >= 0.3 is 0 Å². The zero-order valence-corrected chi connectivity index (χ0v) is 17.0. The molecule has 31 heavy (non-hydrogen) atoms. The Balaban J connectivity index is 1.52. The van der Waals surface area contributed by atoms with E-state index in [1.807, 2.05) is 59.9 Å². The number of benzene rings is 3. The summed E-state index contributed by atoms with van der Waals surface area (Å²) in [7, 11) is 0. The second-order valence-corrected chi connectivity index (χ2v) is 7.30. The highest BCUT2D eigenvalue weighted by molar-refractivity contribution is 5.94. The Morgan fingerprint density at radius 3 is 2.32 bits per heavy atom. The highest BCUT2D eigenvalue weighted by atomic mass is 19.1. The minimum absolute atomic E-state index is 0.0222. The molecule has 0 aliphatic rings. The minimum Gasteiger partial charge on any atom is -0.326 e. The number of aromatic nitrogens is 3. The van der Waals surface area contributed by atoms with Gasteiger partial charge in [0.25, 0.3) is 5.91 Å². The fourth-order valence-corrected chi connectivity index (χ4v) is 3.44. The lowest BCUT2D eigenvalue weighted by Gasteiger charge is -2.20. The summed E-state index contributed by atoms with van der Waals surface area (Å²) >= 11 is 0. The number of carbonyl (C=O) groups is 1. The molecule has 4 aromatic rings. The maximum Gasteiger partial charge on any atom is 0.287 e. The third-order valence-corrected chi connectivity index (χ3v) is 5.14. The van der Waals surface area contributed by atoms with Gasteiger partial charge < -0.3 is 10.6 Å². The third kappa shape index (κ3) is 5.02. The van der Waals surface area contributed by atoms with Crippen molar-refractivity contribution < 1.29 is 14.5 Å². The van der Waals surface area contributed by atoms with Crippen LogP contribution in [0, 0.1) is 5.82 Å².